The van der Waals surface area contributed by atoms with Crippen molar-refractivity contribution in [3.63, 3.8) is 0 Å². The summed E-state index contributed by atoms with van der Waals surface area (Å²) in [4.78, 5) is 26.6. The lowest BCUT2D eigenvalue weighted by Crippen LogP contribution is -2.54. The number of likely N-dealkylation sites (N-methyl/N-ethyl adjacent to an activating group) is 1. The number of piperazine rings is 1. The van der Waals surface area contributed by atoms with Crippen molar-refractivity contribution >= 4 is 60.8 Å². The van der Waals surface area contributed by atoms with Gasteiger partial charge in [0, 0.05) is 67.5 Å². The van der Waals surface area contributed by atoms with Gasteiger partial charge in [0.1, 0.15) is 17.9 Å². The number of ether oxygens (including phenoxy) is 1. The number of anilines is 2. The van der Waals surface area contributed by atoms with E-state index in [2.05, 4.69) is 27.5 Å². The van der Waals surface area contributed by atoms with E-state index in [-0.39, 0.29) is 62.1 Å². The van der Waals surface area contributed by atoms with Gasteiger partial charge in [-0.1, -0.05) is 35.6 Å². The third-order valence-corrected chi connectivity index (χ3v) is 9.09. The van der Waals surface area contributed by atoms with Gasteiger partial charge in [0.2, 0.25) is 5.88 Å². The monoisotopic (exact) mass is 628 g/mol. The molecule has 6 rings (SSSR count). The molecule has 2 aliphatic rings. The maximum Gasteiger partial charge on any atom is 0.282 e. The molecule has 1 amide bonds. The maximum atomic E-state index is 16.6. The van der Waals surface area contributed by atoms with Crippen molar-refractivity contribution in [1.82, 2.24) is 19.8 Å². The lowest BCUT2D eigenvalue weighted by atomic mass is 10.00. The molecular formula is C30H28ClF3N6O2S. The van der Waals surface area contributed by atoms with Crippen molar-refractivity contribution < 1.29 is 22.7 Å². The van der Waals surface area contributed by atoms with Crippen molar-refractivity contribution in [2.45, 2.75) is 19.4 Å². The number of hydrogen-bond acceptors (Lipinski definition) is 8. The molecule has 0 spiro atoms. The number of aromatic nitrogens is 2. The summed E-state index contributed by atoms with van der Waals surface area (Å²) in [5.74, 6) is -2.81. The minimum absolute atomic E-state index is 0.00428. The average molecular weight is 629 g/mol. The van der Waals surface area contributed by atoms with Crippen molar-refractivity contribution in [2.24, 2.45) is 0 Å². The van der Waals surface area contributed by atoms with Gasteiger partial charge in [-0.2, -0.15) is 0 Å². The number of amides is 1. The van der Waals surface area contributed by atoms with E-state index in [0.717, 1.165) is 30.0 Å². The number of pyridine rings is 1. The molecule has 2 aromatic heterocycles. The zero-order valence-electron chi connectivity index (χ0n) is 23.5. The fourth-order valence-corrected chi connectivity index (χ4v) is 6.76. The van der Waals surface area contributed by atoms with Crippen molar-refractivity contribution in [1.29, 1.82) is 0 Å². The Bertz CT molecular complexity index is 1830. The normalized spacial score (nSPS) is 17.2. The standard InChI is InChI=1S/C30H28ClF3N6O2S/c1-15-13-39(9-10-40(15)29(41)16(2)32)22-12-23(42-14-17-5-4-8-38(17)3)36-26-19(22)11-20(31)24(25(26)34)18-6-7-21(33)28-27(18)37-30(35)43-28/h5-7,11-12,15H,2,4,8-10,13-14H2,1,3H3,(H2,35,37)/t15-/m1/s1. The van der Waals surface area contributed by atoms with Crippen LogP contribution in [0.3, 0.4) is 0 Å². The highest BCUT2D eigenvalue weighted by Crippen LogP contribution is 2.43. The molecule has 43 heavy (non-hydrogen) atoms. The van der Waals surface area contributed by atoms with Crippen molar-refractivity contribution in [3.05, 3.63) is 65.1 Å². The summed E-state index contributed by atoms with van der Waals surface area (Å²) >= 11 is 7.72. The second-order valence-corrected chi connectivity index (χ2v) is 12.1. The summed E-state index contributed by atoms with van der Waals surface area (Å²) in [6.45, 7) is 6.97. The molecule has 224 valence electrons. The number of rotatable bonds is 6. The second kappa shape index (κ2) is 11.2. The lowest BCUT2D eigenvalue weighted by Gasteiger charge is -2.41. The first kappa shape index (κ1) is 29.1. The Morgan fingerprint density at radius 1 is 1.21 bits per heavy atom. The van der Waals surface area contributed by atoms with Gasteiger partial charge >= 0.3 is 0 Å². The first-order chi connectivity index (χ1) is 20.5. The molecule has 0 aliphatic carbocycles. The van der Waals surface area contributed by atoms with Crippen LogP contribution in [0.15, 0.2) is 48.4 Å². The molecular weight excluding hydrogens is 601 g/mol. The van der Waals surface area contributed by atoms with E-state index in [1.54, 1.807) is 19.1 Å². The average Bonchev–Trinajstić information content (AvgIpc) is 3.57. The van der Waals surface area contributed by atoms with E-state index < -0.39 is 23.4 Å². The van der Waals surface area contributed by atoms with Gasteiger partial charge < -0.3 is 25.2 Å². The number of carbonyl (C=O) groups is 1. The van der Waals surface area contributed by atoms with Gasteiger partial charge in [-0.25, -0.2) is 23.1 Å². The number of fused-ring (bicyclic) bond motifs is 2. The van der Waals surface area contributed by atoms with Crippen LogP contribution in [-0.2, 0) is 4.79 Å². The Balaban J connectivity index is 1.48. The molecule has 1 atom stereocenters. The number of carbonyl (C=O) groups excluding carboxylic acids is 1. The zero-order valence-corrected chi connectivity index (χ0v) is 25.0. The highest BCUT2D eigenvalue weighted by atomic mass is 35.5. The van der Waals surface area contributed by atoms with Gasteiger partial charge in [0.15, 0.2) is 16.8 Å². The SMILES string of the molecule is C=C(F)C(=O)N1CCN(c2cc(OCC3=CCCN3C)nc3c(F)c(-c4ccc(F)c5sc(N)nc45)c(Cl)cc23)C[C@H]1C. The van der Waals surface area contributed by atoms with Crippen LogP contribution in [0.2, 0.25) is 5.02 Å². The maximum absolute atomic E-state index is 16.6. The summed E-state index contributed by atoms with van der Waals surface area (Å²) in [5.41, 5.74) is 7.97. The summed E-state index contributed by atoms with van der Waals surface area (Å²) in [7, 11) is 1.97. The largest absolute Gasteiger partial charge is 0.471 e. The van der Waals surface area contributed by atoms with Crippen LogP contribution >= 0.6 is 22.9 Å². The number of nitrogens with two attached hydrogens (primary N) is 1. The lowest BCUT2D eigenvalue weighted by molar-refractivity contribution is -0.130. The van der Waals surface area contributed by atoms with Crippen LogP contribution in [-0.4, -0.2) is 71.6 Å². The van der Waals surface area contributed by atoms with E-state index in [9.17, 15) is 13.6 Å². The molecule has 13 heteroatoms. The molecule has 0 radical (unpaired) electrons. The van der Waals surface area contributed by atoms with E-state index >= 15 is 4.39 Å². The molecule has 0 bridgehead atoms. The summed E-state index contributed by atoms with van der Waals surface area (Å²) in [6.07, 6.45) is 2.98. The number of hydrogen-bond donors (Lipinski definition) is 1. The van der Waals surface area contributed by atoms with Crippen LogP contribution < -0.4 is 15.4 Å². The van der Waals surface area contributed by atoms with Gasteiger partial charge in [0.05, 0.1) is 20.9 Å². The summed E-state index contributed by atoms with van der Waals surface area (Å²) < 4.78 is 51.1. The number of nitrogens with zero attached hydrogens (tertiary/aromatic N) is 5. The van der Waals surface area contributed by atoms with E-state index in [4.69, 9.17) is 22.1 Å². The number of halogens is 4. The van der Waals surface area contributed by atoms with Crippen LogP contribution in [0.5, 0.6) is 5.88 Å². The van der Waals surface area contributed by atoms with Crippen LogP contribution in [0.1, 0.15) is 13.3 Å². The Morgan fingerprint density at radius 2 is 2.00 bits per heavy atom. The van der Waals surface area contributed by atoms with Gasteiger partial charge in [-0.05, 0) is 31.5 Å². The van der Waals surface area contributed by atoms with Crippen molar-refractivity contribution in [3.8, 4) is 17.0 Å². The summed E-state index contributed by atoms with van der Waals surface area (Å²) in [6, 6.07) is 5.63. The zero-order chi connectivity index (χ0) is 30.6. The van der Waals surface area contributed by atoms with E-state index in [0.29, 0.717) is 24.2 Å². The molecule has 2 aliphatic heterocycles. The first-order valence-corrected chi connectivity index (χ1v) is 14.8. The molecule has 8 nitrogen and oxygen atoms in total. The smallest absolute Gasteiger partial charge is 0.282 e. The Labute approximate surface area is 254 Å². The molecule has 2 N–H and O–H groups in total. The van der Waals surface area contributed by atoms with Crippen LogP contribution in [0, 0.1) is 11.6 Å². The highest BCUT2D eigenvalue weighted by molar-refractivity contribution is 7.22. The molecule has 1 saturated heterocycles. The molecule has 2 aromatic carbocycles. The van der Waals surface area contributed by atoms with E-state index in [1.165, 1.54) is 17.0 Å². The second-order valence-electron chi connectivity index (χ2n) is 10.6. The third-order valence-electron chi connectivity index (χ3n) is 7.90. The quantitative estimate of drug-likeness (QED) is 0.257. The Kier molecular flexibility index (Phi) is 7.59. The highest BCUT2D eigenvalue weighted by Gasteiger charge is 2.31. The number of benzene rings is 2. The Morgan fingerprint density at radius 3 is 2.70 bits per heavy atom. The Hall–Kier alpha value is -4.03. The van der Waals surface area contributed by atoms with E-state index in [1.807, 2.05) is 11.9 Å². The van der Waals surface area contributed by atoms with Gasteiger partial charge in [0.25, 0.3) is 5.91 Å². The third kappa shape index (κ3) is 5.22. The minimum Gasteiger partial charge on any atom is -0.471 e. The van der Waals surface area contributed by atoms with Gasteiger partial charge in [-0.3, -0.25) is 4.79 Å². The first-order valence-electron chi connectivity index (χ1n) is 13.6. The molecule has 4 heterocycles. The number of nitrogen functional groups attached to an aromatic ring is 1. The minimum atomic E-state index is -1.02. The molecule has 0 saturated carbocycles. The van der Waals surface area contributed by atoms with Gasteiger partial charge in [-0.15, -0.1) is 0 Å². The topological polar surface area (TPSA) is 87.8 Å². The summed E-state index contributed by atoms with van der Waals surface area (Å²) in [5, 5.41) is 0.646. The van der Waals surface area contributed by atoms with Crippen molar-refractivity contribution in [2.75, 3.05) is 50.5 Å². The molecule has 4 aromatic rings. The fraction of sp³-hybridized carbons (Fsp3) is 0.300. The van der Waals surface area contributed by atoms with Crippen LogP contribution in [0.25, 0.3) is 32.2 Å². The number of thiazole rings is 1. The predicted octanol–water partition coefficient (Wildman–Crippen LogP) is 6.14. The molecule has 0 unspecified atom stereocenters. The fourth-order valence-electron chi connectivity index (χ4n) is 5.70. The van der Waals surface area contributed by atoms with Crippen LogP contribution in [0.4, 0.5) is 24.0 Å². The molecule has 1 fully saturated rings. The predicted molar refractivity (Wildman–Crippen MR) is 164 cm³/mol.